The molecule has 2 unspecified atom stereocenters. The highest BCUT2D eigenvalue weighted by Crippen LogP contribution is 2.28. The Morgan fingerprint density at radius 2 is 1.45 bits per heavy atom. The van der Waals surface area contributed by atoms with Gasteiger partial charge in [-0.05, 0) is 12.8 Å². The molecular formula is C8H12O2S. The van der Waals surface area contributed by atoms with Crippen LogP contribution in [0, 0.1) is 0 Å². The number of hydrogen-bond acceptors (Lipinski definition) is 2. The topological polar surface area (TPSA) is 34.1 Å². The number of hydrogen-bond donors (Lipinski definition) is 0. The van der Waals surface area contributed by atoms with Crippen LogP contribution in [0.5, 0.6) is 0 Å². The van der Waals surface area contributed by atoms with E-state index in [0.29, 0.717) is 12.8 Å². The van der Waals surface area contributed by atoms with Crippen molar-refractivity contribution < 1.29 is 8.42 Å². The van der Waals surface area contributed by atoms with E-state index in [1.165, 1.54) is 12.2 Å². The first kappa shape index (κ1) is 8.53. The summed E-state index contributed by atoms with van der Waals surface area (Å²) in [5.41, 5.74) is 0. The third-order valence-corrected chi connectivity index (χ3v) is 4.65. The summed E-state index contributed by atoms with van der Waals surface area (Å²) in [5, 5.41) is -0.684. The Hall–Kier alpha value is -0.570. The van der Waals surface area contributed by atoms with E-state index >= 15 is 0 Å². The van der Waals surface area contributed by atoms with Crippen LogP contribution in [-0.2, 0) is 9.84 Å². The number of sulfone groups is 1. The lowest BCUT2D eigenvalue weighted by atomic mass is 10.2. The third kappa shape index (κ3) is 1.25. The van der Waals surface area contributed by atoms with Crippen LogP contribution in [0.1, 0.15) is 12.8 Å². The van der Waals surface area contributed by atoms with Gasteiger partial charge in [-0.3, -0.25) is 0 Å². The maximum absolute atomic E-state index is 11.4. The van der Waals surface area contributed by atoms with Gasteiger partial charge in [0.1, 0.15) is 0 Å². The molecule has 62 valence electrons. The second-order valence-corrected chi connectivity index (χ2v) is 5.10. The molecule has 3 heteroatoms. The fourth-order valence-corrected chi connectivity index (χ4v) is 3.30. The molecule has 2 nitrogen and oxygen atoms in total. The van der Waals surface area contributed by atoms with Crippen molar-refractivity contribution in [1.82, 2.24) is 0 Å². The van der Waals surface area contributed by atoms with Crippen molar-refractivity contribution >= 4 is 9.84 Å². The van der Waals surface area contributed by atoms with Crippen LogP contribution in [0.25, 0.3) is 0 Å². The van der Waals surface area contributed by atoms with E-state index in [-0.39, 0.29) is 10.5 Å². The SMILES string of the molecule is C=CC1CCC(C=C)S1(=O)=O. The zero-order valence-corrected chi connectivity index (χ0v) is 7.18. The summed E-state index contributed by atoms with van der Waals surface area (Å²) < 4.78 is 22.8. The quantitative estimate of drug-likeness (QED) is 0.588. The Morgan fingerprint density at radius 3 is 1.64 bits per heavy atom. The van der Waals surface area contributed by atoms with E-state index in [9.17, 15) is 8.42 Å². The lowest BCUT2D eigenvalue weighted by Crippen LogP contribution is -2.19. The molecular weight excluding hydrogens is 160 g/mol. The zero-order valence-electron chi connectivity index (χ0n) is 6.36. The lowest BCUT2D eigenvalue weighted by molar-refractivity contribution is 0.593. The Bertz CT molecular complexity index is 242. The van der Waals surface area contributed by atoms with Crippen molar-refractivity contribution in [3.05, 3.63) is 25.3 Å². The molecule has 1 heterocycles. The summed E-state index contributed by atoms with van der Waals surface area (Å²) >= 11 is 0. The smallest absolute Gasteiger partial charge is 0.163 e. The Labute approximate surface area is 67.5 Å². The molecule has 0 aromatic rings. The van der Waals surface area contributed by atoms with Crippen LogP contribution < -0.4 is 0 Å². The van der Waals surface area contributed by atoms with Gasteiger partial charge >= 0.3 is 0 Å². The molecule has 2 atom stereocenters. The van der Waals surface area contributed by atoms with Gasteiger partial charge in [-0.1, -0.05) is 12.2 Å². The molecule has 11 heavy (non-hydrogen) atoms. The first-order chi connectivity index (χ1) is 5.12. The average Bonchev–Trinajstić information content (AvgIpc) is 2.24. The van der Waals surface area contributed by atoms with Crippen LogP contribution in [0.2, 0.25) is 0 Å². The maximum atomic E-state index is 11.4. The fraction of sp³-hybridized carbons (Fsp3) is 0.500. The van der Waals surface area contributed by atoms with Gasteiger partial charge in [-0.2, -0.15) is 0 Å². The van der Waals surface area contributed by atoms with Gasteiger partial charge in [-0.25, -0.2) is 8.42 Å². The van der Waals surface area contributed by atoms with Gasteiger partial charge in [0.05, 0.1) is 10.5 Å². The molecule has 0 aromatic carbocycles. The first-order valence-electron chi connectivity index (χ1n) is 3.60. The maximum Gasteiger partial charge on any atom is 0.163 e. The summed E-state index contributed by atoms with van der Waals surface area (Å²) in [5.74, 6) is 0. The highest BCUT2D eigenvalue weighted by molar-refractivity contribution is 7.93. The minimum absolute atomic E-state index is 0.342. The fourth-order valence-electron chi connectivity index (χ4n) is 1.39. The van der Waals surface area contributed by atoms with Crippen molar-refractivity contribution in [2.45, 2.75) is 23.3 Å². The monoisotopic (exact) mass is 172 g/mol. The molecule has 0 aromatic heterocycles. The summed E-state index contributed by atoms with van der Waals surface area (Å²) in [6.07, 6.45) is 4.42. The van der Waals surface area contributed by atoms with Gasteiger partial charge in [0.25, 0.3) is 0 Å². The molecule has 0 aliphatic carbocycles. The minimum Gasteiger partial charge on any atom is -0.228 e. The van der Waals surface area contributed by atoms with Gasteiger partial charge in [0.2, 0.25) is 0 Å². The summed E-state index contributed by atoms with van der Waals surface area (Å²) in [6, 6.07) is 0. The van der Waals surface area contributed by atoms with E-state index in [4.69, 9.17) is 0 Å². The average molecular weight is 172 g/mol. The highest BCUT2D eigenvalue weighted by Gasteiger charge is 2.36. The summed E-state index contributed by atoms with van der Waals surface area (Å²) in [7, 11) is -2.96. The Morgan fingerprint density at radius 1 is 1.09 bits per heavy atom. The standard InChI is InChI=1S/C8H12O2S/c1-3-7-5-6-8(4-2)11(7,9)10/h3-4,7-8H,1-2,5-6H2. The molecule has 0 spiro atoms. The second-order valence-electron chi connectivity index (χ2n) is 2.71. The van der Waals surface area contributed by atoms with E-state index in [0.717, 1.165) is 0 Å². The highest BCUT2D eigenvalue weighted by atomic mass is 32.2. The largest absolute Gasteiger partial charge is 0.228 e. The van der Waals surface area contributed by atoms with Crippen molar-refractivity contribution in [3.63, 3.8) is 0 Å². The van der Waals surface area contributed by atoms with Crippen LogP contribution in [0.15, 0.2) is 25.3 Å². The molecule has 1 aliphatic heterocycles. The second kappa shape index (κ2) is 2.81. The van der Waals surface area contributed by atoms with E-state index in [2.05, 4.69) is 13.2 Å². The van der Waals surface area contributed by atoms with Crippen LogP contribution >= 0.6 is 0 Å². The van der Waals surface area contributed by atoms with Crippen LogP contribution in [-0.4, -0.2) is 18.9 Å². The van der Waals surface area contributed by atoms with E-state index in [1.807, 2.05) is 0 Å². The number of rotatable bonds is 2. The van der Waals surface area contributed by atoms with Gasteiger partial charge in [0, 0.05) is 0 Å². The predicted octanol–water partition coefficient (Wildman–Crippen LogP) is 1.30. The molecule has 0 saturated carbocycles. The third-order valence-electron chi connectivity index (χ3n) is 2.11. The molecule has 1 saturated heterocycles. The van der Waals surface area contributed by atoms with Gasteiger partial charge in [0.15, 0.2) is 9.84 Å². The van der Waals surface area contributed by atoms with Crippen molar-refractivity contribution in [1.29, 1.82) is 0 Å². The van der Waals surface area contributed by atoms with Gasteiger partial charge in [-0.15, -0.1) is 13.2 Å². The Balaban J connectivity index is 2.98. The Kier molecular flexibility index (Phi) is 2.18. The van der Waals surface area contributed by atoms with Crippen LogP contribution in [0.4, 0.5) is 0 Å². The van der Waals surface area contributed by atoms with E-state index < -0.39 is 9.84 Å². The molecule has 0 amide bonds. The molecule has 1 aliphatic rings. The van der Waals surface area contributed by atoms with Crippen LogP contribution in [0.3, 0.4) is 0 Å². The molecule has 0 radical (unpaired) electrons. The van der Waals surface area contributed by atoms with Crippen molar-refractivity contribution in [2.24, 2.45) is 0 Å². The lowest BCUT2D eigenvalue weighted by Gasteiger charge is -2.04. The van der Waals surface area contributed by atoms with Crippen molar-refractivity contribution in [2.75, 3.05) is 0 Å². The minimum atomic E-state index is -2.96. The molecule has 1 rings (SSSR count). The zero-order chi connectivity index (χ0) is 8.48. The summed E-state index contributed by atoms with van der Waals surface area (Å²) in [6.45, 7) is 6.99. The molecule has 0 bridgehead atoms. The van der Waals surface area contributed by atoms with E-state index in [1.54, 1.807) is 0 Å². The van der Waals surface area contributed by atoms with Crippen molar-refractivity contribution in [3.8, 4) is 0 Å². The molecule has 0 N–H and O–H groups in total. The molecule has 1 fully saturated rings. The normalized spacial score (nSPS) is 34.9. The van der Waals surface area contributed by atoms with Gasteiger partial charge < -0.3 is 0 Å². The first-order valence-corrected chi connectivity index (χ1v) is 5.21. The predicted molar refractivity (Wildman–Crippen MR) is 46.1 cm³/mol. The summed E-state index contributed by atoms with van der Waals surface area (Å²) in [4.78, 5) is 0.